The summed E-state index contributed by atoms with van der Waals surface area (Å²) in [6.07, 6.45) is 2.53. The van der Waals surface area contributed by atoms with Gasteiger partial charge in [-0.15, -0.1) is 0 Å². The smallest absolute Gasteiger partial charge is 0.344 e. The Bertz CT molecular complexity index is 1170. The predicted octanol–water partition coefficient (Wildman–Crippen LogP) is 3.96. The predicted molar refractivity (Wildman–Crippen MR) is 117 cm³/mol. The van der Waals surface area contributed by atoms with Gasteiger partial charge < -0.3 is 24.3 Å². The molecular formula is C20H19Cl2N4O5-. The van der Waals surface area contributed by atoms with Crippen LogP contribution in [0.1, 0.15) is 29.9 Å². The number of benzene rings is 1. The van der Waals surface area contributed by atoms with Crippen LogP contribution in [0.5, 0.6) is 0 Å². The van der Waals surface area contributed by atoms with Crippen molar-refractivity contribution in [3.05, 3.63) is 73.5 Å². The first-order chi connectivity index (χ1) is 14.8. The van der Waals surface area contributed by atoms with E-state index in [2.05, 4.69) is 4.98 Å². The van der Waals surface area contributed by atoms with Gasteiger partial charge in [0, 0.05) is 23.9 Å². The van der Waals surface area contributed by atoms with Gasteiger partial charge in [-0.25, -0.2) is 9.78 Å². The molecule has 0 saturated heterocycles. The highest BCUT2D eigenvalue weighted by Gasteiger charge is 2.24. The molecule has 3 aromatic rings. The number of carbonyl (C=O) groups is 1. The molecule has 1 N–H and O–H groups in total. The van der Waals surface area contributed by atoms with Gasteiger partial charge in [0.25, 0.3) is 0 Å². The lowest BCUT2D eigenvalue weighted by Crippen LogP contribution is -2.26. The Kier molecular flexibility index (Phi) is 7.01. The fourth-order valence-corrected chi connectivity index (χ4v) is 3.60. The second-order valence-corrected chi connectivity index (χ2v) is 7.28. The van der Waals surface area contributed by atoms with Crippen molar-refractivity contribution in [1.82, 2.24) is 14.1 Å². The quantitative estimate of drug-likeness (QED) is 0.414. The third-order valence-corrected chi connectivity index (χ3v) is 5.34. The molecule has 0 aliphatic heterocycles. The molecule has 0 fully saturated rings. The second kappa shape index (κ2) is 9.52. The van der Waals surface area contributed by atoms with Crippen molar-refractivity contribution in [3.8, 4) is 11.3 Å². The lowest BCUT2D eigenvalue weighted by molar-refractivity contribution is 0.0525. The Labute approximate surface area is 187 Å². The van der Waals surface area contributed by atoms with Gasteiger partial charge in [-0.2, -0.15) is 0 Å². The Hall–Kier alpha value is -2.85. The molecule has 0 bridgehead atoms. The molecule has 3 rings (SSSR count). The number of esters is 1. The van der Waals surface area contributed by atoms with Gasteiger partial charge in [0.1, 0.15) is 11.4 Å². The maximum Gasteiger partial charge on any atom is 0.344 e. The molecule has 0 unspecified atom stereocenters. The van der Waals surface area contributed by atoms with Crippen molar-refractivity contribution in [2.75, 3.05) is 11.8 Å². The highest BCUT2D eigenvalue weighted by Crippen LogP contribution is 2.31. The average molecular weight is 466 g/mol. The summed E-state index contributed by atoms with van der Waals surface area (Å²) in [6.45, 7) is 4.00. The zero-order chi connectivity index (χ0) is 22.7. The minimum Gasteiger partial charge on any atom is -0.732 e. The largest absolute Gasteiger partial charge is 0.732 e. The molecule has 31 heavy (non-hydrogen) atoms. The third-order valence-electron chi connectivity index (χ3n) is 4.60. The summed E-state index contributed by atoms with van der Waals surface area (Å²) in [6, 6.07) is 6.08. The van der Waals surface area contributed by atoms with E-state index in [-0.39, 0.29) is 34.8 Å². The fraction of sp³-hybridized carbons (Fsp3) is 0.250. The molecule has 0 saturated carbocycles. The maximum absolute atomic E-state index is 13.0. The van der Waals surface area contributed by atoms with Crippen molar-refractivity contribution in [2.45, 2.75) is 26.9 Å². The van der Waals surface area contributed by atoms with Gasteiger partial charge in [-0.1, -0.05) is 29.3 Å². The van der Waals surface area contributed by atoms with E-state index in [1.54, 1.807) is 29.7 Å². The molecule has 164 valence electrons. The van der Waals surface area contributed by atoms with Crippen LogP contribution in [-0.4, -0.2) is 31.9 Å². The van der Waals surface area contributed by atoms with Crippen LogP contribution in [0.15, 0.2) is 41.6 Å². The summed E-state index contributed by atoms with van der Waals surface area (Å²) in [5, 5.41) is 20.9. The maximum atomic E-state index is 13.0. The van der Waals surface area contributed by atoms with Crippen LogP contribution in [0.25, 0.3) is 11.3 Å². The molecule has 0 spiro atoms. The minimum absolute atomic E-state index is 0.0368. The van der Waals surface area contributed by atoms with Crippen LogP contribution in [0.2, 0.25) is 10.0 Å². The standard InChI is InChI=1S/C20H19Cl2N4O5/c1-3-25-13(10-24-11-23-9-17(24)26(29)30)8-16(27)18(20(28)31-4-2)19(25)12-5-6-14(21)15(22)7-12/h5-9,11,29H,3-4,10H2,1-2H3/q-1. The first-order valence-corrected chi connectivity index (χ1v) is 10.1. The number of imidazole rings is 1. The molecule has 0 atom stereocenters. The SMILES string of the molecule is CCOC(=O)c1c(-c2ccc(Cl)c(Cl)c2)n(CC)c(Cn2cncc2N([O-])O)cc1=O. The monoisotopic (exact) mass is 465 g/mol. The molecule has 1 aromatic carbocycles. The van der Waals surface area contributed by atoms with Crippen molar-refractivity contribution in [1.29, 1.82) is 0 Å². The van der Waals surface area contributed by atoms with E-state index in [1.165, 1.54) is 23.2 Å². The number of aromatic nitrogens is 3. The molecule has 9 nitrogen and oxygen atoms in total. The first kappa shape index (κ1) is 22.8. The topological polar surface area (TPSA) is 113 Å². The van der Waals surface area contributed by atoms with Crippen molar-refractivity contribution >= 4 is 35.0 Å². The Morgan fingerprint density at radius 3 is 2.61 bits per heavy atom. The highest BCUT2D eigenvalue weighted by molar-refractivity contribution is 6.42. The van der Waals surface area contributed by atoms with E-state index in [1.807, 2.05) is 6.92 Å². The summed E-state index contributed by atoms with van der Waals surface area (Å²) in [7, 11) is 0. The van der Waals surface area contributed by atoms with Crippen molar-refractivity contribution in [2.24, 2.45) is 0 Å². The zero-order valence-electron chi connectivity index (χ0n) is 16.7. The van der Waals surface area contributed by atoms with Crippen LogP contribution in [0, 0.1) is 5.21 Å². The van der Waals surface area contributed by atoms with Gasteiger partial charge in [-0.05, 0) is 26.0 Å². The van der Waals surface area contributed by atoms with Gasteiger partial charge in [0.15, 0.2) is 5.43 Å². The van der Waals surface area contributed by atoms with Crippen LogP contribution in [0.4, 0.5) is 5.82 Å². The number of anilines is 1. The van der Waals surface area contributed by atoms with E-state index in [0.29, 0.717) is 28.5 Å². The number of ether oxygens (including phenoxy) is 1. The van der Waals surface area contributed by atoms with E-state index in [0.717, 1.165) is 0 Å². The van der Waals surface area contributed by atoms with Gasteiger partial charge in [0.2, 0.25) is 0 Å². The van der Waals surface area contributed by atoms with E-state index in [9.17, 15) is 20.0 Å². The van der Waals surface area contributed by atoms with Gasteiger partial charge in [0.05, 0.1) is 41.4 Å². The van der Waals surface area contributed by atoms with E-state index >= 15 is 0 Å². The number of halogens is 2. The molecule has 0 amide bonds. The number of hydrogen-bond donors (Lipinski definition) is 1. The number of nitrogens with zero attached hydrogens (tertiary/aromatic N) is 4. The number of carbonyl (C=O) groups excluding carboxylic acids is 1. The summed E-state index contributed by atoms with van der Waals surface area (Å²) >= 11 is 12.2. The Morgan fingerprint density at radius 2 is 2.00 bits per heavy atom. The number of pyridine rings is 1. The first-order valence-electron chi connectivity index (χ1n) is 9.33. The Balaban J connectivity index is 2.28. The fourth-order valence-electron chi connectivity index (χ4n) is 3.30. The summed E-state index contributed by atoms with van der Waals surface area (Å²) in [4.78, 5) is 29.5. The summed E-state index contributed by atoms with van der Waals surface area (Å²) in [5.74, 6) is -0.868. The molecule has 0 aliphatic rings. The molecule has 11 heteroatoms. The van der Waals surface area contributed by atoms with Gasteiger partial charge >= 0.3 is 5.97 Å². The van der Waals surface area contributed by atoms with Crippen molar-refractivity contribution in [3.63, 3.8) is 0 Å². The molecule has 0 aliphatic carbocycles. The van der Waals surface area contributed by atoms with Crippen LogP contribution in [0.3, 0.4) is 0 Å². The summed E-state index contributed by atoms with van der Waals surface area (Å²) < 4.78 is 8.22. The average Bonchev–Trinajstić information content (AvgIpc) is 3.18. The normalized spacial score (nSPS) is 10.9. The third kappa shape index (κ3) is 4.59. The Morgan fingerprint density at radius 1 is 1.26 bits per heavy atom. The van der Waals surface area contributed by atoms with Crippen molar-refractivity contribution < 1.29 is 14.7 Å². The minimum atomic E-state index is -0.758. The lowest BCUT2D eigenvalue weighted by atomic mass is 10.0. The molecule has 2 aromatic heterocycles. The molecular weight excluding hydrogens is 447 g/mol. The lowest BCUT2D eigenvalue weighted by Gasteiger charge is -2.24. The van der Waals surface area contributed by atoms with Crippen LogP contribution >= 0.6 is 23.2 Å². The van der Waals surface area contributed by atoms with Crippen LogP contribution < -0.4 is 10.7 Å². The number of hydrogen-bond acceptors (Lipinski definition) is 7. The van der Waals surface area contributed by atoms with E-state index in [4.69, 9.17) is 27.9 Å². The highest BCUT2D eigenvalue weighted by atomic mass is 35.5. The van der Waals surface area contributed by atoms with Crippen LogP contribution in [-0.2, 0) is 17.8 Å². The van der Waals surface area contributed by atoms with Gasteiger partial charge in [-0.3, -0.25) is 10.0 Å². The molecule has 0 radical (unpaired) electrons. The zero-order valence-corrected chi connectivity index (χ0v) is 18.2. The molecule has 2 heterocycles. The second-order valence-electron chi connectivity index (χ2n) is 6.47. The summed E-state index contributed by atoms with van der Waals surface area (Å²) in [5.41, 5.74) is 0.597. The van der Waals surface area contributed by atoms with E-state index < -0.39 is 11.4 Å². The number of rotatable bonds is 7.